The van der Waals surface area contributed by atoms with Crippen LogP contribution in [0.25, 0.3) is 11.2 Å². The van der Waals surface area contributed by atoms with Gasteiger partial charge in [0.1, 0.15) is 5.82 Å². The van der Waals surface area contributed by atoms with Crippen molar-refractivity contribution >= 4 is 40.4 Å². The zero-order chi connectivity index (χ0) is 22.7. The lowest BCUT2D eigenvalue weighted by Gasteiger charge is -2.32. The van der Waals surface area contributed by atoms with E-state index in [1.165, 1.54) is 18.2 Å². The van der Waals surface area contributed by atoms with E-state index >= 15 is 0 Å². The molecule has 1 aliphatic heterocycles. The van der Waals surface area contributed by atoms with Gasteiger partial charge in [0, 0.05) is 24.8 Å². The molecule has 0 radical (unpaired) electrons. The normalized spacial score (nSPS) is 14.2. The number of carbonyl (C=O) groups is 2. The average Bonchev–Trinajstić information content (AvgIpc) is 3.23. The molecule has 9 nitrogen and oxygen atoms in total. The van der Waals surface area contributed by atoms with E-state index in [9.17, 15) is 14.0 Å². The van der Waals surface area contributed by atoms with Crippen molar-refractivity contribution in [1.29, 1.82) is 0 Å². The van der Waals surface area contributed by atoms with Crippen molar-refractivity contribution in [3.8, 4) is 0 Å². The van der Waals surface area contributed by atoms with Gasteiger partial charge >= 0.3 is 0 Å². The summed E-state index contributed by atoms with van der Waals surface area (Å²) < 4.78 is 15.5. The van der Waals surface area contributed by atoms with Crippen LogP contribution < -0.4 is 10.6 Å². The number of anilines is 3. The standard InChI is InChI=1S/C22H22FN7O2/c1-3-17(31)26-20-19-21(28-22(27-20)25-15-7-5-6-14(23)12-15)30(13-24-19)16-8-10-29(11-9-16)18(32)4-2/h3-7,12-13,16H,1-2,8-11H2,(H2,25,26,27,28,31). The van der Waals surface area contributed by atoms with E-state index in [-0.39, 0.29) is 23.7 Å². The van der Waals surface area contributed by atoms with Crippen molar-refractivity contribution in [3.05, 3.63) is 61.7 Å². The number of nitrogens with zero attached hydrogens (tertiary/aromatic N) is 5. The third kappa shape index (κ3) is 4.34. The third-order valence-corrected chi connectivity index (χ3v) is 5.27. The Morgan fingerprint density at radius 2 is 1.94 bits per heavy atom. The predicted octanol–water partition coefficient (Wildman–Crippen LogP) is 3.18. The fourth-order valence-electron chi connectivity index (χ4n) is 3.68. The van der Waals surface area contributed by atoms with Gasteiger partial charge in [0.05, 0.1) is 6.33 Å². The molecular weight excluding hydrogens is 413 g/mol. The Hall–Kier alpha value is -4.08. The van der Waals surface area contributed by atoms with Gasteiger partial charge in [0.2, 0.25) is 17.8 Å². The minimum Gasteiger partial charge on any atom is -0.339 e. The first kappa shape index (κ1) is 21.2. The number of aromatic nitrogens is 4. The first-order chi connectivity index (χ1) is 15.5. The molecule has 0 aliphatic carbocycles. The fourth-order valence-corrected chi connectivity index (χ4v) is 3.68. The lowest BCUT2D eigenvalue weighted by Crippen LogP contribution is -2.38. The van der Waals surface area contributed by atoms with Gasteiger partial charge in [-0.2, -0.15) is 9.97 Å². The number of amides is 2. The summed E-state index contributed by atoms with van der Waals surface area (Å²) in [5.74, 6) is -0.521. The highest BCUT2D eigenvalue weighted by atomic mass is 19.1. The quantitative estimate of drug-likeness (QED) is 0.576. The Balaban J connectivity index is 1.69. The summed E-state index contributed by atoms with van der Waals surface area (Å²) in [6, 6.07) is 5.97. The Kier molecular flexibility index (Phi) is 5.93. The second-order valence-corrected chi connectivity index (χ2v) is 7.31. The van der Waals surface area contributed by atoms with Crippen LogP contribution in [-0.4, -0.2) is 49.3 Å². The monoisotopic (exact) mass is 435 g/mol. The predicted molar refractivity (Wildman–Crippen MR) is 119 cm³/mol. The number of carbonyl (C=O) groups excluding carboxylic acids is 2. The number of hydrogen-bond acceptors (Lipinski definition) is 6. The number of imidazole rings is 1. The molecule has 4 rings (SSSR count). The van der Waals surface area contributed by atoms with E-state index in [4.69, 9.17) is 0 Å². The fraction of sp³-hybridized carbons (Fsp3) is 0.227. The van der Waals surface area contributed by atoms with E-state index in [2.05, 4.69) is 38.7 Å². The van der Waals surface area contributed by atoms with Gasteiger partial charge < -0.3 is 20.1 Å². The van der Waals surface area contributed by atoms with Crippen LogP contribution in [0.15, 0.2) is 55.9 Å². The number of benzene rings is 1. The Labute approximate surface area is 183 Å². The summed E-state index contributed by atoms with van der Waals surface area (Å²) in [5, 5.41) is 5.63. The number of fused-ring (bicyclic) bond motifs is 1. The molecule has 1 aromatic carbocycles. The van der Waals surface area contributed by atoms with Crippen LogP contribution in [0.3, 0.4) is 0 Å². The zero-order valence-corrected chi connectivity index (χ0v) is 17.3. The van der Waals surface area contributed by atoms with Gasteiger partial charge in [0.15, 0.2) is 17.0 Å². The SMILES string of the molecule is C=CC(=O)Nc1nc(Nc2cccc(F)c2)nc2c1ncn2C1CCN(C(=O)C=C)CC1. The van der Waals surface area contributed by atoms with Crippen LogP contribution in [0, 0.1) is 5.82 Å². The molecule has 0 atom stereocenters. The first-order valence-electron chi connectivity index (χ1n) is 10.1. The molecular formula is C22H22FN7O2. The molecule has 2 N–H and O–H groups in total. The van der Waals surface area contributed by atoms with E-state index in [0.717, 1.165) is 18.9 Å². The molecule has 1 fully saturated rings. The highest BCUT2D eigenvalue weighted by Crippen LogP contribution is 2.29. The van der Waals surface area contributed by atoms with Crippen molar-refractivity contribution in [2.24, 2.45) is 0 Å². The number of halogens is 1. The average molecular weight is 435 g/mol. The zero-order valence-electron chi connectivity index (χ0n) is 17.3. The van der Waals surface area contributed by atoms with Crippen LogP contribution >= 0.6 is 0 Å². The van der Waals surface area contributed by atoms with E-state index < -0.39 is 11.7 Å². The lowest BCUT2D eigenvalue weighted by atomic mass is 10.0. The molecule has 0 spiro atoms. The van der Waals surface area contributed by atoms with Gasteiger partial charge in [-0.1, -0.05) is 19.2 Å². The Bertz CT molecular complexity index is 1200. The molecule has 1 saturated heterocycles. The maximum atomic E-state index is 13.6. The molecule has 0 saturated carbocycles. The lowest BCUT2D eigenvalue weighted by molar-refractivity contribution is -0.127. The Morgan fingerprint density at radius 3 is 2.62 bits per heavy atom. The molecule has 0 unspecified atom stereocenters. The van der Waals surface area contributed by atoms with Gasteiger partial charge in [0.25, 0.3) is 0 Å². The van der Waals surface area contributed by atoms with Gasteiger partial charge in [-0.05, 0) is 43.2 Å². The van der Waals surface area contributed by atoms with E-state index in [1.54, 1.807) is 23.4 Å². The molecule has 10 heteroatoms. The van der Waals surface area contributed by atoms with Gasteiger partial charge in [-0.3, -0.25) is 9.59 Å². The summed E-state index contributed by atoms with van der Waals surface area (Å²) in [5.41, 5.74) is 1.41. The number of likely N-dealkylation sites (tertiary alicyclic amines) is 1. The van der Waals surface area contributed by atoms with Crippen molar-refractivity contribution in [3.63, 3.8) is 0 Å². The van der Waals surface area contributed by atoms with Crippen LogP contribution in [0.5, 0.6) is 0 Å². The number of piperidine rings is 1. The van der Waals surface area contributed by atoms with Crippen molar-refractivity contribution in [2.45, 2.75) is 18.9 Å². The second kappa shape index (κ2) is 8.96. The maximum Gasteiger partial charge on any atom is 0.248 e. The number of hydrogen-bond donors (Lipinski definition) is 2. The van der Waals surface area contributed by atoms with E-state index in [0.29, 0.717) is 29.9 Å². The Morgan fingerprint density at radius 1 is 1.16 bits per heavy atom. The highest BCUT2D eigenvalue weighted by molar-refractivity contribution is 6.02. The van der Waals surface area contributed by atoms with Crippen molar-refractivity contribution in [2.75, 3.05) is 23.7 Å². The molecule has 3 aromatic rings. The van der Waals surface area contributed by atoms with Crippen LogP contribution in [-0.2, 0) is 9.59 Å². The molecule has 0 bridgehead atoms. The smallest absolute Gasteiger partial charge is 0.248 e. The summed E-state index contributed by atoms with van der Waals surface area (Å²) in [6.07, 6.45) is 5.55. The van der Waals surface area contributed by atoms with Crippen LogP contribution in [0.2, 0.25) is 0 Å². The molecule has 2 amide bonds. The minimum absolute atomic E-state index is 0.0636. The maximum absolute atomic E-state index is 13.6. The summed E-state index contributed by atoms with van der Waals surface area (Å²) in [6.45, 7) is 8.19. The molecule has 1 aliphatic rings. The van der Waals surface area contributed by atoms with Crippen molar-refractivity contribution < 1.29 is 14.0 Å². The number of nitrogens with one attached hydrogen (secondary N) is 2. The topological polar surface area (TPSA) is 105 Å². The summed E-state index contributed by atoms with van der Waals surface area (Å²) in [4.78, 5) is 38.9. The van der Waals surface area contributed by atoms with E-state index in [1.807, 2.05) is 4.57 Å². The van der Waals surface area contributed by atoms with Gasteiger partial charge in [-0.15, -0.1) is 0 Å². The third-order valence-electron chi connectivity index (χ3n) is 5.27. The summed E-state index contributed by atoms with van der Waals surface area (Å²) in [7, 11) is 0. The summed E-state index contributed by atoms with van der Waals surface area (Å²) >= 11 is 0. The minimum atomic E-state index is -0.437. The first-order valence-corrected chi connectivity index (χ1v) is 10.1. The molecule has 3 heterocycles. The number of rotatable bonds is 6. The molecule has 2 aromatic heterocycles. The molecule has 32 heavy (non-hydrogen) atoms. The van der Waals surface area contributed by atoms with Crippen LogP contribution in [0.4, 0.5) is 21.8 Å². The van der Waals surface area contributed by atoms with Gasteiger partial charge in [-0.25, -0.2) is 9.37 Å². The van der Waals surface area contributed by atoms with Crippen LogP contribution in [0.1, 0.15) is 18.9 Å². The highest BCUT2D eigenvalue weighted by Gasteiger charge is 2.25. The van der Waals surface area contributed by atoms with Crippen molar-refractivity contribution in [1.82, 2.24) is 24.4 Å². The largest absolute Gasteiger partial charge is 0.339 e. The molecule has 164 valence electrons. The second-order valence-electron chi connectivity index (χ2n) is 7.31.